The smallest absolute Gasteiger partial charge is 0.268 e. The van der Waals surface area contributed by atoms with Crippen LogP contribution in [-0.2, 0) is 0 Å². The highest BCUT2D eigenvalue weighted by molar-refractivity contribution is 5.93. The first-order valence-corrected chi connectivity index (χ1v) is 6.34. The van der Waals surface area contributed by atoms with Gasteiger partial charge in [-0.05, 0) is 44.2 Å². The Kier molecular flexibility index (Phi) is 2.47. The van der Waals surface area contributed by atoms with Crippen LogP contribution < -0.4 is 5.32 Å². The normalized spacial score (nSPS) is 21.9. The van der Waals surface area contributed by atoms with Crippen molar-refractivity contribution in [2.24, 2.45) is 0 Å². The lowest BCUT2D eigenvalue weighted by Crippen LogP contribution is -2.56. The van der Waals surface area contributed by atoms with E-state index in [9.17, 15) is 9.90 Å². The lowest BCUT2D eigenvalue weighted by atomic mass is 9.77. The molecule has 0 aromatic carbocycles. The first-order chi connectivity index (χ1) is 8.24. The fourth-order valence-corrected chi connectivity index (χ4v) is 2.49. The molecule has 2 saturated carbocycles. The SMILES string of the molecule is O=C(NC1(CO)CCC1)c1cccn1C1CC1. The number of nitrogens with one attached hydrogen (secondary N) is 1. The van der Waals surface area contributed by atoms with E-state index in [0.717, 1.165) is 25.0 Å². The van der Waals surface area contributed by atoms with E-state index in [-0.39, 0.29) is 18.1 Å². The zero-order valence-electron chi connectivity index (χ0n) is 9.85. The van der Waals surface area contributed by atoms with Gasteiger partial charge in [-0.1, -0.05) is 0 Å². The Morgan fingerprint density at radius 1 is 1.53 bits per heavy atom. The van der Waals surface area contributed by atoms with Crippen LogP contribution in [0.5, 0.6) is 0 Å². The summed E-state index contributed by atoms with van der Waals surface area (Å²) in [6.07, 6.45) is 7.17. The zero-order chi connectivity index (χ0) is 11.9. The molecule has 2 N–H and O–H groups in total. The first kappa shape index (κ1) is 10.8. The Labute approximate surface area is 101 Å². The van der Waals surface area contributed by atoms with Crippen LogP contribution in [0.25, 0.3) is 0 Å². The van der Waals surface area contributed by atoms with E-state index in [2.05, 4.69) is 9.88 Å². The number of rotatable bonds is 4. The van der Waals surface area contributed by atoms with E-state index >= 15 is 0 Å². The van der Waals surface area contributed by atoms with Crippen LogP contribution in [0.2, 0.25) is 0 Å². The van der Waals surface area contributed by atoms with E-state index in [4.69, 9.17) is 0 Å². The monoisotopic (exact) mass is 234 g/mol. The molecule has 4 heteroatoms. The molecule has 1 heterocycles. The summed E-state index contributed by atoms with van der Waals surface area (Å²) < 4.78 is 2.05. The average molecular weight is 234 g/mol. The standard InChI is InChI=1S/C13H18N2O2/c16-9-13(6-2-7-13)14-12(17)11-3-1-8-15(11)10-4-5-10/h1,3,8,10,16H,2,4-7,9H2,(H,14,17). The second-order valence-corrected chi connectivity index (χ2v) is 5.28. The van der Waals surface area contributed by atoms with E-state index in [1.807, 2.05) is 18.3 Å². The number of carbonyl (C=O) groups is 1. The molecule has 0 spiro atoms. The van der Waals surface area contributed by atoms with Crippen molar-refractivity contribution in [3.05, 3.63) is 24.0 Å². The molecule has 1 aromatic heterocycles. The van der Waals surface area contributed by atoms with Gasteiger partial charge in [-0.25, -0.2) is 0 Å². The molecule has 0 radical (unpaired) electrons. The number of carbonyl (C=O) groups excluding carboxylic acids is 1. The van der Waals surface area contributed by atoms with Crippen molar-refractivity contribution in [2.75, 3.05) is 6.61 Å². The zero-order valence-corrected chi connectivity index (χ0v) is 9.85. The van der Waals surface area contributed by atoms with Crippen LogP contribution in [-0.4, -0.2) is 27.7 Å². The summed E-state index contributed by atoms with van der Waals surface area (Å²) >= 11 is 0. The molecule has 2 aliphatic carbocycles. The topological polar surface area (TPSA) is 54.3 Å². The third kappa shape index (κ3) is 1.86. The third-order valence-corrected chi connectivity index (χ3v) is 3.94. The molecule has 3 rings (SSSR count). The fraction of sp³-hybridized carbons (Fsp3) is 0.615. The third-order valence-electron chi connectivity index (χ3n) is 3.94. The van der Waals surface area contributed by atoms with Crippen molar-refractivity contribution in [1.82, 2.24) is 9.88 Å². The van der Waals surface area contributed by atoms with Crippen molar-refractivity contribution in [3.8, 4) is 0 Å². The van der Waals surface area contributed by atoms with Gasteiger partial charge in [-0.2, -0.15) is 0 Å². The highest BCUT2D eigenvalue weighted by atomic mass is 16.3. The van der Waals surface area contributed by atoms with Crippen LogP contribution in [0.1, 0.15) is 48.6 Å². The van der Waals surface area contributed by atoms with Crippen LogP contribution in [0.4, 0.5) is 0 Å². The maximum atomic E-state index is 12.2. The second kappa shape index (κ2) is 3.88. The van der Waals surface area contributed by atoms with Gasteiger partial charge in [0.2, 0.25) is 0 Å². The summed E-state index contributed by atoms with van der Waals surface area (Å²) in [5, 5.41) is 12.3. The quantitative estimate of drug-likeness (QED) is 0.829. The van der Waals surface area contributed by atoms with Gasteiger partial charge in [-0.3, -0.25) is 4.79 Å². The van der Waals surface area contributed by atoms with Gasteiger partial charge in [0, 0.05) is 12.2 Å². The van der Waals surface area contributed by atoms with Crippen molar-refractivity contribution < 1.29 is 9.90 Å². The highest BCUT2D eigenvalue weighted by Crippen LogP contribution is 2.36. The highest BCUT2D eigenvalue weighted by Gasteiger charge is 2.38. The van der Waals surface area contributed by atoms with Crippen molar-refractivity contribution in [3.63, 3.8) is 0 Å². The second-order valence-electron chi connectivity index (χ2n) is 5.28. The van der Waals surface area contributed by atoms with Crippen molar-refractivity contribution in [2.45, 2.75) is 43.7 Å². The van der Waals surface area contributed by atoms with Crippen molar-refractivity contribution in [1.29, 1.82) is 0 Å². The molecule has 2 aliphatic rings. The largest absolute Gasteiger partial charge is 0.394 e. The van der Waals surface area contributed by atoms with Gasteiger partial charge in [0.1, 0.15) is 5.69 Å². The molecule has 0 saturated heterocycles. The number of aliphatic hydroxyl groups excluding tert-OH is 1. The minimum absolute atomic E-state index is 0.0445. The first-order valence-electron chi connectivity index (χ1n) is 6.34. The van der Waals surface area contributed by atoms with Gasteiger partial charge >= 0.3 is 0 Å². The molecule has 1 amide bonds. The maximum Gasteiger partial charge on any atom is 0.268 e. The molecular formula is C13H18N2O2. The van der Waals surface area contributed by atoms with Crippen LogP contribution in [0.15, 0.2) is 18.3 Å². The molecule has 4 nitrogen and oxygen atoms in total. The summed E-state index contributed by atoms with van der Waals surface area (Å²) in [6, 6.07) is 4.29. The Bertz CT molecular complexity index is 425. The van der Waals surface area contributed by atoms with Gasteiger partial charge < -0.3 is 15.0 Å². The molecule has 1 aromatic rings. The number of nitrogens with zero attached hydrogens (tertiary/aromatic N) is 1. The summed E-state index contributed by atoms with van der Waals surface area (Å²) in [4.78, 5) is 12.2. The average Bonchev–Trinajstić information content (AvgIpc) is 3.01. The number of hydrogen-bond acceptors (Lipinski definition) is 2. The molecule has 2 fully saturated rings. The maximum absolute atomic E-state index is 12.2. The predicted octanol–water partition coefficient (Wildman–Crippen LogP) is 1.47. The molecule has 0 atom stereocenters. The Morgan fingerprint density at radius 3 is 2.82 bits per heavy atom. The van der Waals surface area contributed by atoms with Gasteiger partial charge in [0.15, 0.2) is 0 Å². The van der Waals surface area contributed by atoms with Gasteiger partial charge in [0.05, 0.1) is 12.1 Å². The van der Waals surface area contributed by atoms with Crippen molar-refractivity contribution >= 4 is 5.91 Å². The Hall–Kier alpha value is -1.29. The fourth-order valence-electron chi connectivity index (χ4n) is 2.49. The van der Waals surface area contributed by atoms with E-state index in [1.165, 1.54) is 12.8 Å². The van der Waals surface area contributed by atoms with Gasteiger partial charge in [0.25, 0.3) is 5.91 Å². The molecule has 0 aliphatic heterocycles. The van der Waals surface area contributed by atoms with Crippen LogP contribution >= 0.6 is 0 Å². The van der Waals surface area contributed by atoms with Crippen LogP contribution in [0, 0.1) is 0 Å². The Balaban J connectivity index is 1.74. The number of aromatic nitrogens is 1. The molecule has 0 unspecified atom stereocenters. The predicted molar refractivity (Wildman–Crippen MR) is 63.8 cm³/mol. The summed E-state index contributed by atoms with van der Waals surface area (Å²) in [7, 11) is 0. The van der Waals surface area contributed by atoms with E-state index in [0.29, 0.717) is 6.04 Å². The summed E-state index contributed by atoms with van der Waals surface area (Å²) in [5.41, 5.74) is 0.377. The molecule has 92 valence electrons. The minimum Gasteiger partial charge on any atom is -0.394 e. The lowest BCUT2D eigenvalue weighted by molar-refractivity contribution is 0.0634. The summed E-state index contributed by atoms with van der Waals surface area (Å²) in [5.74, 6) is -0.0457. The molecule has 17 heavy (non-hydrogen) atoms. The Morgan fingerprint density at radius 2 is 2.29 bits per heavy atom. The number of aliphatic hydroxyl groups is 1. The molecular weight excluding hydrogens is 216 g/mol. The molecule has 0 bridgehead atoms. The van der Waals surface area contributed by atoms with E-state index in [1.54, 1.807) is 0 Å². The van der Waals surface area contributed by atoms with Gasteiger partial charge in [-0.15, -0.1) is 0 Å². The van der Waals surface area contributed by atoms with Crippen LogP contribution in [0.3, 0.4) is 0 Å². The minimum atomic E-state index is -0.351. The summed E-state index contributed by atoms with van der Waals surface area (Å²) in [6.45, 7) is 0.0445. The number of amides is 1. The number of hydrogen-bond donors (Lipinski definition) is 2. The lowest BCUT2D eigenvalue weighted by Gasteiger charge is -2.40. The van der Waals surface area contributed by atoms with E-state index < -0.39 is 0 Å².